The van der Waals surface area contributed by atoms with Crippen molar-refractivity contribution in [3.8, 4) is 34.5 Å². The molecule has 1 N–H and O–H groups in total. The Morgan fingerprint density at radius 1 is 0.417 bits per heavy atom. The molecule has 0 atom stereocenters. The standard InChI is InChI=1S/C55H70O5/c1-13-21-57-50-38-24-36-34-48(60-47-19-17-16-18-20-47)35-37(49(36)56)25-39-29-45(54(7,8)9)31-41(51(39)58-22-14-2)27-43-33-46(55(10,11)12)32-42(52(43)59-23-15-3)26-40(50)30-44(28-38)53(4,5)6/h16-20,28-35,56H,13-15,21-27H2,1-12H3. The molecule has 5 aromatic carbocycles. The largest absolute Gasteiger partial charge is 0.507 e. The molecule has 0 aliphatic heterocycles. The van der Waals surface area contributed by atoms with Gasteiger partial charge in [0.15, 0.2) is 0 Å². The second-order valence-corrected chi connectivity index (χ2v) is 19.9. The van der Waals surface area contributed by atoms with Crippen molar-refractivity contribution in [1.82, 2.24) is 0 Å². The van der Waals surface area contributed by atoms with Gasteiger partial charge in [0.1, 0.15) is 34.5 Å². The highest BCUT2D eigenvalue weighted by molar-refractivity contribution is 5.60. The van der Waals surface area contributed by atoms with Gasteiger partial charge in [-0.25, -0.2) is 0 Å². The average molecular weight is 811 g/mol. The number of phenolic OH excluding ortho intramolecular Hbond substituents is 1. The van der Waals surface area contributed by atoms with Crippen LogP contribution in [0.25, 0.3) is 0 Å². The summed E-state index contributed by atoms with van der Waals surface area (Å²) in [7, 11) is 0. The lowest BCUT2D eigenvalue weighted by Gasteiger charge is -2.28. The van der Waals surface area contributed by atoms with E-state index in [9.17, 15) is 5.11 Å². The summed E-state index contributed by atoms with van der Waals surface area (Å²) in [6.45, 7) is 28.8. The first-order chi connectivity index (χ1) is 28.4. The zero-order chi connectivity index (χ0) is 43.4. The van der Waals surface area contributed by atoms with Gasteiger partial charge in [-0.15, -0.1) is 0 Å². The van der Waals surface area contributed by atoms with Crippen LogP contribution in [0.2, 0.25) is 0 Å². The number of rotatable bonds is 11. The molecule has 8 bridgehead atoms. The van der Waals surface area contributed by atoms with E-state index in [2.05, 4.69) is 119 Å². The van der Waals surface area contributed by atoms with Crippen LogP contribution >= 0.6 is 0 Å². The molecule has 0 unspecified atom stereocenters. The third-order valence-corrected chi connectivity index (χ3v) is 11.4. The zero-order valence-corrected chi connectivity index (χ0v) is 38.7. The van der Waals surface area contributed by atoms with Gasteiger partial charge in [-0.1, -0.05) is 138 Å². The van der Waals surface area contributed by atoms with Crippen molar-refractivity contribution in [2.45, 2.75) is 144 Å². The maximum absolute atomic E-state index is 12.5. The third kappa shape index (κ3) is 10.5. The molecule has 60 heavy (non-hydrogen) atoms. The lowest BCUT2D eigenvalue weighted by molar-refractivity contribution is 0.306. The first-order valence-corrected chi connectivity index (χ1v) is 22.3. The van der Waals surface area contributed by atoms with Gasteiger partial charge in [0.2, 0.25) is 0 Å². The molecule has 1 aliphatic carbocycles. The third-order valence-electron chi connectivity index (χ3n) is 11.4. The van der Waals surface area contributed by atoms with E-state index < -0.39 is 0 Å². The lowest BCUT2D eigenvalue weighted by atomic mass is 9.80. The minimum Gasteiger partial charge on any atom is -0.507 e. The van der Waals surface area contributed by atoms with Crippen molar-refractivity contribution in [3.05, 3.63) is 140 Å². The molecule has 5 aromatic rings. The lowest BCUT2D eigenvalue weighted by Crippen LogP contribution is -2.17. The van der Waals surface area contributed by atoms with Crippen LogP contribution in [0.3, 0.4) is 0 Å². The second kappa shape index (κ2) is 18.4. The van der Waals surface area contributed by atoms with Gasteiger partial charge in [-0.3, -0.25) is 0 Å². The predicted octanol–water partition coefficient (Wildman–Crippen LogP) is 14.1. The summed E-state index contributed by atoms with van der Waals surface area (Å²) in [6, 6.07) is 27.9. The minimum absolute atomic E-state index is 0.104. The van der Waals surface area contributed by atoms with Crippen LogP contribution in [0, 0.1) is 0 Å². The summed E-state index contributed by atoms with van der Waals surface area (Å²) in [5.74, 6) is 4.41. The Kier molecular flexibility index (Phi) is 13.7. The van der Waals surface area contributed by atoms with Crippen LogP contribution in [0.15, 0.2) is 78.9 Å². The summed E-state index contributed by atoms with van der Waals surface area (Å²) < 4.78 is 27.1. The van der Waals surface area contributed by atoms with Crippen LogP contribution < -0.4 is 18.9 Å². The molecule has 0 saturated heterocycles. The van der Waals surface area contributed by atoms with Crippen molar-refractivity contribution >= 4 is 0 Å². The maximum atomic E-state index is 12.5. The summed E-state index contributed by atoms with van der Waals surface area (Å²) in [6.07, 6.45) is 4.83. The first kappa shape index (κ1) is 44.6. The predicted molar refractivity (Wildman–Crippen MR) is 249 cm³/mol. The van der Waals surface area contributed by atoms with E-state index in [0.29, 0.717) is 51.3 Å². The molecule has 0 amide bonds. The first-order valence-electron chi connectivity index (χ1n) is 22.3. The second-order valence-electron chi connectivity index (χ2n) is 19.9. The van der Waals surface area contributed by atoms with Crippen molar-refractivity contribution in [2.24, 2.45) is 0 Å². The summed E-state index contributed by atoms with van der Waals surface area (Å²) in [4.78, 5) is 0. The van der Waals surface area contributed by atoms with E-state index in [1.165, 1.54) is 16.7 Å². The minimum atomic E-state index is -0.137. The van der Waals surface area contributed by atoms with E-state index in [-0.39, 0.29) is 22.0 Å². The Morgan fingerprint density at radius 2 is 0.717 bits per heavy atom. The van der Waals surface area contributed by atoms with E-state index in [1.807, 2.05) is 42.5 Å². The van der Waals surface area contributed by atoms with Gasteiger partial charge in [0.25, 0.3) is 0 Å². The number of ether oxygens (including phenoxy) is 4. The fourth-order valence-electron chi connectivity index (χ4n) is 8.02. The summed E-state index contributed by atoms with van der Waals surface area (Å²) in [5, 5.41) is 12.5. The van der Waals surface area contributed by atoms with Crippen LogP contribution in [0.4, 0.5) is 0 Å². The van der Waals surface area contributed by atoms with Crippen molar-refractivity contribution in [3.63, 3.8) is 0 Å². The molecule has 5 nitrogen and oxygen atoms in total. The smallest absolute Gasteiger partial charge is 0.128 e. The van der Waals surface area contributed by atoms with E-state index in [0.717, 1.165) is 86.8 Å². The molecule has 6 rings (SSSR count). The van der Waals surface area contributed by atoms with E-state index in [4.69, 9.17) is 18.9 Å². The highest BCUT2D eigenvalue weighted by Gasteiger charge is 2.28. The van der Waals surface area contributed by atoms with Crippen LogP contribution in [0.5, 0.6) is 34.5 Å². The average Bonchev–Trinajstić information content (AvgIpc) is 3.17. The number of aromatic hydroxyl groups is 1. The monoisotopic (exact) mass is 811 g/mol. The Bertz CT molecular complexity index is 2140. The summed E-state index contributed by atoms with van der Waals surface area (Å²) in [5.41, 5.74) is 11.6. The molecule has 0 fully saturated rings. The number of phenols is 1. The molecular weight excluding hydrogens is 741 g/mol. The van der Waals surface area contributed by atoms with Gasteiger partial charge in [-0.05, 0) is 110 Å². The molecule has 0 radical (unpaired) electrons. The molecule has 0 heterocycles. The van der Waals surface area contributed by atoms with Crippen molar-refractivity contribution in [1.29, 1.82) is 0 Å². The molecule has 0 spiro atoms. The number of hydrogen-bond donors (Lipinski definition) is 1. The van der Waals surface area contributed by atoms with Crippen molar-refractivity contribution < 1.29 is 24.1 Å². The quantitative estimate of drug-likeness (QED) is 0.141. The van der Waals surface area contributed by atoms with Crippen molar-refractivity contribution in [2.75, 3.05) is 19.8 Å². The van der Waals surface area contributed by atoms with Gasteiger partial charge in [-0.2, -0.15) is 0 Å². The molecule has 320 valence electrons. The van der Waals surface area contributed by atoms with E-state index >= 15 is 0 Å². The van der Waals surface area contributed by atoms with Gasteiger partial charge in [0.05, 0.1) is 19.8 Å². The number of para-hydroxylation sites is 1. The number of fused-ring (bicyclic) bond motifs is 8. The van der Waals surface area contributed by atoms with Gasteiger partial charge >= 0.3 is 0 Å². The Balaban J connectivity index is 1.74. The van der Waals surface area contributed by atoms with Crippen LogP contribution in [-0.2, 0) is 41.9 Å². The summed E-state index contributed by atoms with van der Waals surface area (Å²) >= 11 is 0. The molecule has 5 heteroatoms. The van der Waals surface area contributed by atoms with Gasteiger partial charge in [0, 0.05) is 36.8 Å². The van der Waals surface area contributed by atoms with Crippen LogP contribution in [-0.4, -0.2) is 24.9 Å². The highest BCUT2D eigenvalue weighted by atomic mass is 16.5. The topological polar surface area (TPSA) is 57.2 Å². The molecule has 0 aromatic heterocycles. The SMILES string of the molecule is CCCOc1c2cc(C(C)(C)C)cc1Cc1cc(C(C)(C)C)cc(c1OCCC)Cc1cc(C(C)(C)C)cc(c1OCCC)Cc1cc(Oc3ccccc3)cc(c1O)C2. The molecule has 1 aliphatic rings. The fraction of sp³-hybridized carbons (Fsp3) is 0.455. The van der Waals surface area contributed by atoms with E-state index in [1.54, 1.807) is 0 Å². The van der Waals surface area contributed by atoms with Gasteiger partial charge < -0.3 is 24.1 Å². The normalized spacial score (nSPS) is 13.2. The fourth-order valence-corrected chi connectivity index (χ4v) is 8.02. The Morgan fingerprint density at radius 3 is 1.00 bits per heavy atom. The zero-order valence-electron chi connectivity index (χ0n) is 38.7. The Hall–Kier alpha value is -4.90. The Labute approximate surface area is 361 Å². The van der Waals surface area contributed by atoms with Crippen LogP contribution in [0.1, 0.15) is 164 Å². The number of benzene rings is 5. The number of hydrogen-bond acceptors (Lipinski definition) is 5. The maximum Gasteiger partial charge on any atom is 0.128 e. The molecular formula is C55H70O5. The molecule has 0 saturated carbocycles. The highest BCUT2D eigenvalue weighted by Crippen LogP contribution is 2.44.